The Labute approximate surface area is 155 Å². The lowest BCUT2D eigenvalue weighted by atomic mass is 9.91. The van der Waals surface area contributed by atoms with Crippen LogP contribution in [0.2, 0.25) is 0 Å². The Balaban J connectivity index is 1.59. The summed E-state index contributed by atoms with van der Waals surface area (Å²) in [7, 11) is 0. The van der Waals surface area contributed by atoms with Crippen LogP contribution in [-0.4, -0.2) is 53.9 Å². The second kappa shape index (κ2) is 5.94. The average molecular weight is 371 g/mol. The van der Waals surface area contributed by atoms with Crippen molar-refractivity contribution in [3.05, 3.63) is 29.3 Å². The number of fused-ring (bicyclic) bond motifs is 3. The molecule has 2 aromatic rings. The van der Waals surface area contributed by atoms with Gasteiger partial charge in [-0.1, -0.05) is 0 Å². The quantitative estimate of drug-likeness (QED) is 0.847. The minimum absolute atomic E-state index is 0.207. The molecule has 4 aliphatic heterocycles. The third-order valence-corrected chi connectivity index (χ3v) is 6.25. The maximum Gasteiger partial charge on any atom is 0.250 e. The number of benzene rings is 1. The summed E-state index contributed by atoms with van der Waals surface area (Å²) in [4.78, 5) is 21.0. The van der Waals surface area contributed by atoms with Crippen LogP contribution in [0.3, 0.4) is 0 Å². The van der Waals surface area contributed by atoms with E-state index in [0.717, 1.165) is 41.6 Å². The van der Waals surface area contributed by atoms with Crippen LogP contribution < -0.4 is 20.7 Å². The fourth-order valence-electron chi connectivity index (χ4n) is 4.29. The van der Waals surface area contributed by atoms with Crippen LogP contribution in [0.5, 0.6) is 5.75 Å². The van der Waals surface area contributed by atoms with Crippen LogP contribution in [0, 0.1) is 0 Å². The van der Waals surface area contributed by atoms with Gasteiger partial charge < -0.3 is 20.7 Å². The highest BCUT2D eigenvalue weighted by atomic mass is 32.1. The van der Waals surface area contributed by atoms with Crippen molar-refractivity contribution < 1.29 is 9.53 Å². The SMILES string of the molecule is CCN1c2c(C(N)=O)ccc(-c3nccs3)c2OC1N1CC2CC(C1)N2. The topological polar surface area (TPSA) is 83.7 Å². The van der Waals surface area contributed by atoms with E-state index in [2.05, 4.69) is 27.0 Å². The number of carbonyl (C=O) groups is 1. The van der Waals surface area contributed by atoms with Gasteiger partial charge in [-0.3, -0.25) is 4.79 Å². The number of nitrogens with two attached hydrogens (primary N) is 1. The first-order valence-electron chi connectivity index (χ1n) is 8.95. The van der Waals surface area contributed by atoms with Gasteiger partial charge in [-0.05, 0) is 25.5 Å². The third kappa shape index (κ3) is 2.33. The number of rotatable bonds is 4. The molecule has 1 amide bonds. The van der Waals surface area contributed by atoms with E-state index in [-0.39, 0.29) is 6.35 Å². The number of anilines is 1. The Kier molecular flexibility index (Phi) is 3.66. The van der Waals surface area contributed by atoms with Crippen molar-refractivity contribution in [3.8, 4) is 16.3 Å². The molecule has 5 heterocycles. The highest BCUT2D eigenvalue weighted by molar-refractivity contribution is 7.13. The molecule has 0 aliphatic carbocycles. The van der Waals surface area contributed by atoms with E-state index >= 15 is 0 Å². The molecule has 4 aliphatic rings. The van der Waals surface area contributed by atoms with E-state index in [1.54, 1.807) is 23.6 Å². The standard InChI is InChI=1S/C18H21N5O2S/c1-2-23-14-12(16(19)24)3-4-13(17-20-5-6-26-17)15(14)25-18(23)22-8-10-7-11(9-22)21-10/h3-6,10-11,18,21H,2,7-9H2,1H3,(H2,19,24). The smallest absolute Gasteiger partial charge is 0.250 e. The molecule has 8 heteroatoms. The zero-order chi connectivity index (χ0) is 17.8. The molecule has 6 rings (SSSR count). The summed E-state index contributed by atoms with van der Waals surface area (Å²) in [6.45, 7) is 4.71. The predicted molar refractivity (Wildman–Crippen MR) is 100 cm³/mol. The van der Waals surface area contributed by atoms with Crippen molar-refractivity contribution in [3.63, 3.8) is 0 Å². The van der Waals surface area contributed by atoms with E-state index < -0.39 is 5.91 Å². The van der Waals surface area contributed by atoms with Crippen LogP contribution in [-0.2, 0) is 0 Å². The molecule has 7 nitrogen and oxygen atoms in total. The van der Waals surface area contributed by atoms with E-state index in [0.29, 0.717) is 17.6 Å². The van der Waals surface area contributed by atoms with E-state index in [1.807, 2.05) is 11.4 Å². The molecule has 0 saturated carbocycles. The number of ether oxygens (including phenoxy) is 1. The van der Waals surface area contributed by atoms with E-state index in [1.165, 1.54) is 6.42 Å². The number of hydrogen-bond donors (Lipinski definition) is 2. The summed E-state index contributed by atoms with van der Waals surface area (Å²) >= 11 is 1.56. The van der Waals surface area contributed by atoms with Gasteiger partial charge in [-0.15, -0.1) is 11.3 Å². The Morgan fingerprint density at radius 2 is 2.19 bits per heavy atom. The molecule has 2 bridgehead atoms. The third-order valence-electron chi connectivity index (χ3n) is 5.44. The molecule has 3 saturated heterocycles. The van der Waals surface area contributed by atoms with Crippen LogP contribution in [0.15, 0.2) is 23.7 Å². The Bertz CT molecular complexity index is 840. The van der Waals surface area contributed by atoms with Crippen LogP contribution in [0.1, 0.15) is 23.7 Å². The van der Waals surface area contributed by atoms with Gasteiger partial charge in [0.2, 0.25) is 6.35 Å². The fraction of sp³-hybridized carbons (Fsp3) is 0.444. The van der Waals surface area contributed by atoms with Gasteiger partial charge in [0.05, 0.1) is 16.8 Å². The number of primary amides is 1. The maximum absolute atomic E-state index is 12.1. The molecule has 3 N–H and O–H groups in total. The van der Waals surface area contributed by atoms with Crippen LogP contribution in [0.25, 0.3) is 10.6 Å². The van der Waals surface area contributed by atoms with Gasteiger partial charge in [0.15, 0.2) is 5.75 Å². The molecule has 1 aromatic heterocycles. The van der Waals surface area contributed by atoms with E-state index in [9.17, 15) is 4.79 Å². The van der Waals surface area contributed by atoms with Crippen LogP contribution >= 0.6 is 11.3 Å². The maximum atomic E-state index is 12.1. The lowest BCUT2D eigenvalue weighted by molar-refractivity contribution is -0.0286. The molecule has 3 atom stereocenters. The summed E-state index contributed by atoms with van der Waals surface area (Å²) < 4.78 is 6.45. The molecular weight excluding hydrogens is 350 g/mol. The first-order valence-corrected chi connectivity index (χ1v) is 9.83. The normalized spacial score (nSPS) is 27.0. The summed E-state index contributed by atoms with van der Waals surface area (Å²) in [5.41, 5.74) is 7.89. The van der Waals surface area contributed by atoms with Gasteiger partial charge >= 0.3 is 0 Å². The second-order valence-corrected chi connectivity index (χ2v) is 7.91. The molecule has 26 heavy (non-hydrogen) atoms. The Morgan fingerprint density at radius 3 is 2.81 bits per heavy atom. The second-order valence-electron chi connectivity index (χ2n) is 7.02. The Morgan fingerprint density at radius 1 is 1.42 bits per heavy atom. The number of nitrogens with one attached hydrogen (secondary N) is 1. The monoisotopic (exact) mass is 371 g/mol. The zero-order valence-electron chi connectivity index (χ0n) is 14.5. The number of amides is 1. The van der Waals surface area contributed by atoms with Gasteiger partial charge in [0, 0.05) is 43.3 Å². The lowest BCUT2D eigenvalue weighted by Crippen LogP contribution is -2.70. The van der Waals surface area contributed by atoms with E-state index in [4.69, 9.17) is 10.5 Å². The molecular formula is C18H21N5O2S. The summed E-state index contributed by atoms with van der Waals surface area (Å²) in [5, 5.41) is 6.38. The van der Waals surface area contributed by atoms with Gasteiger partial charge in [-0.25, -0.2) is 9.88 Å². The molecule has 136 valence electrons. The summed E-state index contributed by atoms with van der Waals surface area (Å²) in [6, 6.07) is 4.76. The number of nitrogens with zero attached hydrogens (tertiary/aromatic N) is 3. The highest BCUT2D eigenvalue weighted by Crippen LogP contribution is 2.48. The number of carbonyl (C=O) groups excluding carboxylic acids is 1. The number of aromatic nitrogens is 1. The minimum atomic E-state index is -0.433. The molecule has 0 spiro atoms. The minimum Gasteiger partial charge on any atom is -0.454 e. The highest BCUT2D eigenvalue weighted by Gasteiger charge is 2.45. The number of hydrogen-bond acceptors (Lipinski definition) is 7. The predicted octanol–water partition coefficient (Wildman–Crippen LogP) is 1.46. The first-order chi connectivity index (χ1) is 12.7. The average Bonchev–Trinajstić information content (AvgIpc) is 3.28. The molecule has 1 aromatic carbocycles. The summed E-state index contributed by atoms with van der Waals surface area (Å²) in [5.74, 6) is 0.285. The van der Waals surface area contributed by atoms with Crippen LogP contribution in [0.4, 0.5) is 5.69 Å². The van der Waals surface area contributed by atoms with Gasteiger partial charge in [0.25, 0.3) is 5.91 Å². The first kappa shape index (κ1) is 16.0. The largest absolute Gasteiger partial charge is 0.454 e. The fourth-order valence-corrected chi connectivity index (χ4v) is 4.95. The number of thiazole rings is 1. The Hall–Kier alpha value is -2.16. The van der Waals surface area contributed by atoms with Crippen molar-refractivity contribution in [2.45, 2.75) is 31.8 Å². The van der Waals surface area contributed by atoms with Crippen molar-refractivity contribution in [1.82, 2.24) is 15.2 Å². The molecule has 3 fully saturated rings. The number of piperazine rings is 1. The van der Waals surface area contributed by atoms with Crippen molar-refractivity contribution in [2.24, 2.45) is 5.73 Å². The lowest BCUT2D eigenvalue weighted by Gasteiger charge is -2.50. The summed E-state index contributed by atoms with van der Waals surface area (Å²) in [6.07, 6.45) is 2.81. The zero-order valence-corrected chi connectivity index (χ0v) is 15.3. The van der Waals surface area contributed by atoms with Crippen molar-refractivity contribution >= 4 is 22.9 Å². The van der Waals surface area contributed by atoms with Gasteiger partial charge in [0.1, 0.15) is 5.01 Å². The molecule has 3 unspecified atom stereocenters. The number of piperidine rings is 1. The van der Waals surface area contributed by atoms with Gasteiger partial charge in [-0.2, -0.15) is 0 Å². The molecule has 0 radical (unpaired) electrons. The van der Waals surface area contributed by atoms with Crippen molar-refractivity contribution in [2.75, 3.05) is 24.5 Å². The van der Waals surface area contributed by atoms with Crippen molar-refractivity contribution in [1.29, 1.82) is 0 Å².